The van der Waals surface area contributed by atoms with Crippen molar-refractivity contribution in [2.24, 2.45) is 17.1 Å². The number of carbonyl (C=O) groups is 4. The summed E-state index contributed by atoms with van der Waals surface area (Å²) >= 11 is 0. The Bertz CT molecular complexity index is 845. The summed E-state index contributed by atoms with van der Waals surface area (Å²) in [4.78, 5) is 47.4. The number of ether oxygens (including phenoxy) is 1. The van der Waals surface area contributed by atoms with Gasteiger partial charge in [-0.05, 0) is 61.8 Å². The van der Waals surface area contributed by atoms with Crippen LogP contribution in [-0.2, 0) is 20.9 Å². The van der Waals surface area contributed by atoms with E-state index in [0.29, 0.717) is 31.7 Å². The first-order valence-corrected chi connectivity index (χ1v) is 11.3. The Morgan fingerprint density at radius 3 is 2.33 bits per heavy atom. The van der Waals surface area contributed by atoms with Gasteiger partial charge in [0.15, 0.2) is 0 Å². The number of hydrogen-bond acceptors (Lipinski definition) is 5. The predicted molar refractivity (Wildman–Crippen MR) is 119 cm³/mol. The minimum absolute atomic E-state index is 0.0537. The fraction of sp³-hybridized carbons (Fsp3) is 0.565. The standard InChI is InChI=1S/C23H32N4O6/c24-19(28)17(8-4-5-9-25-22(32)33-14-15-6-2-1-3-7-15)26-20(29)18(27-21(30)31)13-23-10-16(11-23)12-23/h1-3,6-7,16-18,27H,4-5,8-14H2,(H2,24,28)(H,25,32)(H,26,29)(H,30,31). The molecule has 1 aromatic rings. The summed E-state index contributed by atoms with van der Waals surface area (Å²) in [5.41, 5.74) is 6.38. The van der Waals surface area contributed by atoms with E-state index in [9.17, 15) is 19.2 Å². The average Bonchev–Trinajstić information content (AvgIpc) is 2.72. The van der Waals surface area contributed by atoms with Crippen LogP contribution in [0, 0.1) is 11.3 Å². The van der Waals surface area contributed by atoms with Crippen LogP contribution >= 0.6 is 0 Å². The Balaban J connectivity index is 1.36. The molecule has 0 spiro atoms. The number of amides is 4. The van der Waals surface area contributed by atoms with Crippen molar-refractivity contribution in [1.29, 1.82) is 0 Å². The van der Waals surface area contributed by atoms with Gasteiger partial charge in [0, 0.05) is 6.54 Å². The molecule has 10 heteroatoms. The quantitative estimate of drug-likeness (QED) is 0.283. The zero-order valence-electron chi connectivity index (χ0n) is 18.5. The third-order valence-corrected chi connectivity index (χ3v) is 6.48. The Kier molecular flexibility index (Phi) is 8.13. The first-order valence-electron chi connectivity index (χ1n) is 11.3. The number of primary amides is 1. The van der Waals surface area contributed by atoms with Gasteiger partial charge >= 0.3 is 12.2 Å². The van der Waals surface area contributed by atoms with E-state index in [1.807, 2.05) is 30.3 Å². The largest absolute Gasteiger partial charge is 0.465 e. The lowest BCUT2D eigenvalue weighted by molar-refractivity contribution is -0.138. The van der Waals surface area contributed by atoms with E-state index in [2.05, 4.69) is 16.0 Å². The summed E-state index contributed by atoms with van der Waals surface area (Å²) in [6.07, 6.45) is 3.07. The number of rotatable bonds is 13. The zero-order chi connectivity index (χ0) is 23.8. The minimum Gasteiger partial charge on any atom is -0.465 e. The molecular formula is C23H32N4O6. The highest BCUT2D eigenvalue weighted by molar-refractivity contribution is 5.90. The van der Waals surface area contributed by atoms with Gasteiger partial charge < -0.3 is 31.5 Å². The van der Waals surface area contributed by atoms with E-state index in [-0.39, 0.29) is 18.4 Å². The molecule has 10 nitrogen and oxygen atoms in total. The topological polar surface area (TPSA) is 160 Å². The number of carbonyl (C=O) groups excluding carboxylic acids is 3. The van der Waals surface area contributed by atoms with Gasteiger partial charge in [-0.3, -0.25) is 9.59 Å². The molecular weight excluding hydrogens is 428 g/mol. The maximum atomic E-state index is 12.7. The van der Waals surface area contributed by atoms with Gasteiger partial charge in [-0.25, -0.2) is 9.59 Å². The molecule has 2 unspecified atom stereocenters. The predicted octanol–water partition coefficient (Wildman–Crippen LogP) is 1.88. The van der Waals surface area contributed by atoms with E-state index in [0.717, 1.165) is 24.8 Å². The van der Waals surface area contributed by atoms with Crippen molar-refractivity contribution in [2.75, 3.05) is 6.54 Å². The second-order valence-corrected chi connectivity index (χ2v) is 9.13. The lowest BCUT2D eigenvalue weighted by Gasteiger charge is -2.63. The van der Waals surface area contributed by atoms with Gasteiger partial charge in [0.05, 0.1) is 0 Å². The van der Waals surface area contributed by atoms with Crippen LogP contribution in [0.2, 0.25) is 0 Å². The highest BCUT2D eigenvalue weighted by Crippen LogP contribution is 2.66. The smallest absolute Gasteiger partial charge is 0.407 e. The molecule has 3 saturated carbocycles. The Morgan fingerprint density at radius 1 is 1.06 bits per heavy atom. The summed E-state index contributed by atoms with van der Waals surface area (Å²) in [6.45, 7) is 0.524. The molecule has 3 aliphatic rings. The molecule has 3 fully saturated rings. The molecule has 0 saturated heterocycles. The van der Waals surface area contributed by atoms with Crippen molar-refractivity contribution < 1.29 is 29.0 Å². The molecule has 2 bridgehead atoms. The summed E-state index contributed by atoms with van der Waals surface area (Å²) in [5.74, 6) is -0.507. The lowest BCUT2D eigenvalue weighted by Crippen LogP contribution is -2.59. The van der Waals surface area contributed by atoms with Crippen LogP contribution in [-0.4, -0.2) is 47.7 Å². The molecule has 3 aliphatic carbocycles. The van der Waals surface area contributed by atoms with Crippen molar-refractivity contribution in [3.63, 3.8) is 0 Å². The van der Waals surface area contributed by atoms with Crippen molar-refractivity contribution in [3.05, 3.63) is 35.9 Å². The van der Waals surface area contributed by atoms with Crippen molar-refractivity contribution in [2.45, 2.75) is 63.6 Å². The maximum absolute atomic E-state index is 12.7. The number of nitrogens with one attached hydrogen (secondary N) is 3. The van der Waals surface area contributed by atoms with Crippen LogP contribution < -0.4 is 21.7 Å². The Morgan fingerprint density at radius 2 is 1.76 bits per heavy atom. The molecule has 2 atom stereocenters. The van der Waals surface area contributed by atoms with Crippen molar-refractivity contribution >= 4 is 24.0 Å². The lowest BCUT2D eigenvalue weighted by atomic mass is 9.43. The average molecular weight is 461 g/mol. The number of carboxylic acid groups (broad SMARTS) is 1. The van der Waals surface area contributed by atoms with Crippen molar-refractivity contribution in [3.8, 4) is 0 Å². The molecule has 6 N–H and O–H groups in total. The van der Waals surface area contributed by atoms with E-state index in [1.54, 1.807) is 0 Å². The Labute approximate surface area is 192 Å². The van der Waals surface area contributed by atoms with Crippen LogP contribution in [0.1, 0.15) is 50.5 Å². The summed E-state index contributed by atoms with van der Waals surface area (Å²) < 4.78 is 5.13. The van der Waals surface area contributed by atoms with Gasteiger partial charge in [0.2, 0.25) is 11.8 Å². The van der Waals surface area contributed by atoms with E-state index in [1.165, 1.54) is 0 Å². The number of nitrogens with two attached hydrogens (primary N) is 1. The fourth-order valence-corrected chi connectivity index (χ4v) is 4.70. The van der Waals surface area contributed by atoms with Gasteiger partial charge in [0.1, 0.15) is 18.7 Å². The van der Waals surface area contributed by atoms with Gasteiger partial charge in [-0.2, -0.15) is 0 Å². The molecule has 180 valence electrons. The van der Waals surface area contributed by atoms with Crippen LogP contribution in [0.15, 0.2) is 30.3 Å². The molecule has 0 aliphatic heterocycles. The van der Waals surface area contributed by atoms with E-state index < -0.39 is 36.1 Å². The molecule has 4 amide bonds. The number of benzene rings is 1. The third-order valence-electron chi connectivity index (χ3n) is 6.48. The number of alkyl carbamates (subject to hydrolysis) is 1. The first-order chi connectivity index (χ1) is 15.8. The Hall–Kier alpha value is -3.30. The monoisotopic (exact) mass is 460 g/mol. The van der Waals surface area contributed by atoms with Gasteiger partial charge in [-0.1, -0.05) is 30.3 Å². The highest BCUT2D eigenvalue weighted by atomic mass is 16.5. The molecule has 0 radical (unpaired) electrons. The fourth-order valence-electron chi connectivity index (χ4n) is 4.70. The summed E-state index contributed by atoms with van der Waals surface area (Å²) in [7, 11) is 0. The SMILES string of the molecule is NC(=O)C(CCCCNC(=O)OCc1ccccc1)NC(=O)C(CC12CC(C1)C2)NC(=O)O. The number of hydrogen-bond donors (Lipinski definition) is 5. The molecule has 1 aromatic carbocycles. The maximum Gasteiger partial charge on any atom is 0.407 e. The van der Waals surface area contributed by atoms with Crippen LogP contribution in [0.5, 0.6) is 0 Å². The molecule has 4 rings (SSSR count). The van der Waals surface area contributed by atoms with E-state index >= 15 is 0 Å². The summed E-state index contributed by atoms with van der Waals surface area (Å²) in [6, 6.07) is 7.50. The van der Waals surface area contributed by atoms with Crippen LogP contribution in [0.4, 0.5) is 9.59 Å². The van der Waals surface area contributed by atoms with E-state index in [4.69, 9.17) is 15.6 Å². The molecule has 0 heterocycles. The normalized spacial score (nSPS) is 22.0. The van der Waals surface area contributed by atoms with Gasteiger partial charge in [-0.15, -0.1) is 0 Å². The minimum atomic E-state index is -1.28. The van der Waals surface area contributed by atoms with Crippen LogP contribution in [0.25, 0.3) is 0 Å². The van der Waals surface area contributed by atoms with Gasteiger partial charge in [0.25, 0.3) is 0 Å². The number of unbranched alkanes of at least 4 members (excludes halogenated alkanes) is 1. The summed E-state index contributed by atoms with van der Waals surface area (Å²) in [5, 5.41) is 16.6. The second kappa shape index (κ2) is 11.0. The highest BCUT2D eigenvalue weighted by Gasteiger charge is 2.57. The van der Waals surface area contributed by atoms with Crippen molar-refractivity contribution in [1.82, 2.24) is 16.0 Å². The molecule has 33 heavy (non-hydrogen) atoms. The first kappa shape index (κ1) is 24.3. The molecule has 0 aromatic heterocycles. The van der Waals surface area contributed by atoms with Crippen LogP contribution in [0.3, 0.4) is 0 Å². The second-order valence-electron chi connectivity index (χ2n) is 9.13. The third kappa shape index (κ3) is 7.10. The zero-order valence-corrected chi connectivity index (χ0v) is 18.5.